The summed E-state index contributed by atoms with van der Waals surface area (Å²) in [4.78, 5) is 19.0. The Morgan fingerprint density at radius 1 is 1.00 bits per heavy atom. The molecule has 2 aromatic rings. The fourth-order valence-corrected chi connectivity index (χ4v) is 2.94. The Hall–Kier alpha value is -2.33. The van der Waals surface area contributed by atoms with Crippen molar-refractivity contribution in [3.63, 3.8) is 0 Å². The first-order valence-electron chi connectivity index (χ1n) is 10.7. The van der Waals surface area contributed by atoms with Crippen LogP contribution in [0.5, 0.6) is 5.75 Å². The topological polar surface area (TPSA) is 78.0 Å². The van der Waals surface area contributed by atoms with Crippen LogP contribution >= 0.6 is 24.0 Å². The summed E-state index contributed by atoms with van der Waals surface area (Å²) in [7, 11) is 5.64. The summed E-state index contributed by atoms with van der Waals surface area (Å²) in [6, 6.07) is 15.7. The lowest BCUT2D eigenvalue weighted by Crippen LogP contribution is -2.38. The van der Waals surface area contributed by atoms with E-state index in [0.717, 1.165) is 43.3 Å². The van der Waals surface area contributed by atoms with Crippen LogP contribution in [0.3, 0.4) is 0 Å². The second-order valence-electron chi connectivity index (χ2n) is 7.48. The van der Waals surface area contributed by atoms with Gasteiger partial charge in [0.2, 0.25) is 0 Å². The van der Waals surface area contributed by atoms with Gasteiger partial charge in [-0.25, -0.2) is 4.99 Å². The summed E-state index contributed by atoms with van der Waals surface area (Å²) in [5.74, 6) is 1.56. The van der Waals surface area contributed by atoms with Crippen molar-refractivity contribution >= 4 is 35.8 Å². The maximum Gasteiger partial charge on any atom is 0.251 e. The molecule has 0 unspecified atom stereocenters. The predicted octanol–water partition coefficient (Wildman–Crippen LogP) is 2.90. The third-order valence-corrected chi connectivity index (χ3v) is 4.66. The molecule has 0 aromatic heterocycles. The van der Waals surface area contributed by atoms with Crippen LogP contribution in [0, 0.1) is 0 Å². The van der Waals surface area contributed by atoms with Crippen molar-refractivity contribution in [2.24, 2.45) is 4.99 Å². The van der Waals surface area contributed by atoms with Gasteiger partial charge in [0.05, 0.1) is 13.7 Å². The zero-order valence-corrected chi connectivity index (χ0v) is 21.8. The monoisotopic (exact) mass is 553 g/mol. The Morgan fingerprint density at radius 2 is 1.75 bits per heavy atom. The summed E-state index contributed by atoms with van der Waals surface area (Å²) in [5.41, 5.74) is 2.88. The molecule has 0 aliphatic rings. The fourth-order valence-electron chi connectivity index (χ4n) is 2.94. The maximum absolute atomic E-state index is 12.3. The van der Waals surface area contributed by atoms with E-state index in [2.05, 4.69) is 33.1 Å². The van der Waals surface area contributed by atoms with Crippen LogP contribution in [0.25, 0.3) is 0 Å². The van der Waals surface area contributed by atoms with E-state index in [-0.39, 0.29) is 29.9 Å². The lowest BCUT2D eigenvalue weighted by molar-refractivity contribution is 0.0951. The Bertz CT molecular complexity index is 841. The largest absolute Gasteiger partial charge is 0.497 e. The molecular weight excluding hydrogens is 517 g/mol. The van der Waals surface area contributed by atoms with Gasteiger partial charge < -0.3 is 25.6 Å². The normalized spacial score (nSPS) is 11.0. The van der Waals surface area contributed by atoms with E-state index in [4.69, 9.17) is 4.74 Å². The van der Waals surface area contributed by atoms with Gasteiger partial charge in [0.1, 0.15) is 5.75 Å². The van der Waals surface area contributed by atoms with Gasteiger partial charge in [-0.1, -0.05) is 24.3 Å². The van der Waals surface area contributed by atoms with Crippen LogP contribution in [0.1, 0.15) is 28.4 Å². The van der Waals surface area contributed by atoms with E-state index >= 15 is 0 Å². The van der Waals surface area contributed by atoms with Gasteiger partial charge in [-0.05, 0) is 62.8 Å². The lowest BCUT2D eigenvalue weighted by Gasteiger charge is -2.12. The van der Waals surface area contributed by atoms with Gasteiger partial charge >= 0.3 is 0 Å². The SMILES string of the molecule is CCNC(=NCc1cccc(C(=O)NCCN(C)C)c1)NCCc1ccc(OC)cc1.I. The third kappa shape index (κ3) is 10.3. The molecule has 1 amide bonds. The maximum atomic E-state index is 12.3. The van der Waals surface area contributed by atoms with E-state index in [0.29, 0.717) is 18.7 Å². The quantitative estimate of drug-likeness (QED) is 0.227. The first kappa shape index (κ1) is 27.7. The number of benzene rings is 2. The number of aliphatic imine (C=N–C) groups is 1. The van der Waals surface area contributed by atoms with Crippen molar-refractivity contribution in [3.05, 3.63) is 65.2 Å². The van der Waals surface area contributed by atoms with Gasteiger partial charge in [0, 0.05) is 31.7 Å². The number of guanidine groups is 1. The molecule has 0 saturated heterocycles. The highest BCUT2D eigenvalue weighted by molar-refractivity contribution is 14.0. The molecule has 3 N–H and O–H groups in total. The Labute approximate surface area is 209 Å². The van der Waals surface area contributed by atoms with Crippen LogP contribution in [0.4, 0.5) is 0 Å². The van der Waals surface area contributed by atoms with E-state index in [1.165, 1.54) is 5.56 Å². The highest BCUT2D eigenvalue weighted by atomic mass is 127. The molecule has 0 atom stereocenters. The average Bonchev–Trinajstić information content (AvgIpc) is 2.77. The van der Waals surface area contributed by atoms with Crippen molar-refractivity contribution in [1.82, 2.24) is 20.9 Å². The molecule has 7 nitrogen and oxygen atoms in total. The van der Waals surface area contributed by atoms with Gasteiger partial charge in [-0.3, -0.25) is 4.79 Å². The summed E-state index contributed by atoms with van der Waals surface area (Å²) < 4.78 is 5.20. The molecular formula is C24H36IN5O2. The number of hydrogen-bond acceptors (Lipinski definition) is 4. The smallest absolute Gasteiger partial charge is 0.251 e. The Balaban J connectivity index is 0.00000512. The Kier molecular flexibility index (Phi) is 13.4. The number of amides is 1. The molecule has 0 saturated carbocycles. The number of rotatable bonds is 11. The summed E-state index contributed by atoms with van der Waals surface area (Å²) in [6.45, 7) is 5.52. The van der Waals surface area contributed by atoms with Crippen LogP contribution in [0.15, 0.2) is 53.5 Å². The molecule has 0 fully saturated rings. The average molecular weight is 553 g/mol. The number of likely N-dealkylation sites (N-methyl/N-ethyl adjacent to an activating group) is 1. The number of halogens is 1. The van der Waals surface area contributed by atoms with Crippen LogP contribution in [0.2, 0.25) is 0 Å². The number of nitrogens with one attached hydrogen (secondary N) is 3. The van der Waals surface area contributed by atoms with Crippen molar-refractivity contribution in [3.8, 4) is 5.75 Å². The van der Waals surface area contributed by atoms with Crippen molar-refractivity contribution < 1.29 is 9.53 Å². The number of methoxy groups -OCH3 is 1. The van der Waals surface area contributed by atoms with Crippen molar-refractivity contribution in [2.75, 3.05) is 47.4 Å². The summed E-state index contributed by atoms with van der Waals surface area (Å²) >= 11 is 0. The molecule has 2 aromatic carbocycles. The highest BCUT2D eigenvalue weighted by Crippen LogP contribution is 2.11. The molecule has 2 rings (SSSR count). The minimum Gasteiger partial charge on any atom is -0.497 e. The van der Waals surface area contributed by atoms with Crippen LogP contribution < -0.4 is 20.7 Å². The molecule has 0 aliphatic heterocycles. The minimum absolute atomic E-state index is 0. The van der Waals surface area contributed by atoms with Gasteiger partial charge in [0.25, 0.3) is 5.91 Å². The van der Waals surface area contributed by atoms with Crippen molar-refractivity contribution in [1.29, 1.82) is 0 Å². The molecule has 176 valence electrons. The molecule has 0 heterocycles. The molecule has 8 heteroatoms. The first-order valence-corrected chi connectivity index (χ1v) is 10.7. The minimum atomic E-state index is -0.0581. The molecule has 0 radical (unpaired) electrons. The zero-order valence-electron chi connectivity index (χ0n) is 19.5. The molecule has 0 bridgehead atoms. The molecule has 0 spiro atoms. The van der Waals surface area contributed by atoms with E-state index < -0.39 is 0 Å². The number of hydrogen-bond donors (Lipinski definition) is 3. The van der Waals surface area contributed by atoms with E-state index in [1.807, 2.05) is 62.3 Å². The van der Waals surface area contributed by atoms with Gasteiger partial charge in [-0.2, -0.15) is 0 Å². The second kappa shape index (κ2) is 15.5. The summed E-state index contributed by atoms with van der Waals surface area (Å²) in [6.07, 6.45) is 0.886. The number of nitrogens with zero attached hydrogens (tertiary/aromatic N) is 2. The predicted molar refractivity (Wildman–Crippen MR) is 142 cm³/mol. The van der Waals surface area contributed by atoms with Crippen LogP contribution in [-0.4, -0.2) is 64.2 Å². The van der Waals surface area contributed by atoms with Gasteiger partial charge in [-0.15, -0.1) is 24.0 Å². The number of carbonyl (C=O) groups is 1. The van der Waals surface area contributed by atoms with E-state index in [1.54, 1.807) is 7.11 Å². The van der Waals surface area contributed by atoms with Gasteiger partial charge in [0.15, 0.2) is 5.96 Å². The number of ether oxygens (including phenoxy) is 1. The lowest BCUT2D eigenvalue weighted by atomic mass is 10.1. The fraction of sp³-hybridized carbons (Fsp3) is 0.417. The Morgan fingerprint density at radius 3 is 2.41 bits per heavy atom. The number of carbonyl (C=O) groups excluding carboxylic acids is 1. The second-order valence-corrected chi connectivity index (χ2v) is 7.48. The van der Waals surface area contributed by atoms with Crippen LogP contribution in [-0.2, 0) is 13.0 Å². The third-order valence-electron chi connectivity index (χ3n) is 4.66. The standard InChI is InChI=1S/C24H35N5O2.HI/c1-5-25-24(27-14-13-19-9-11-22(31-4)12-10-19)28-18-20-7-6-8-21(17-20)23(30)26-15-16-29(2)3;/h6-12,17H,5,13-16,18H2,1-4H3,(H,26,30)(H2,25,27,28);1H. The molecule has 32 heavy (non-hydrogen) atoms. The van der Waals surface area contributed by atoms with E-state index in [9.17, 15) is 4.79 Å². The van der Waals surface area contributed by atoms with Crippen molar-refractivity contribution in [2.45, 2.75) is 19.9 Å². The zero-order chi connectivity index (χ0) is 22.5. The summed E-state index contributed by atoms with van der Waals surface area (Å²) in [5, 5.41) is 9.58. The first-order chi connectivity index (χ1) is 15.0. The highest BCUT2D eigenvalue weighted by Gasteiger charge is 2.06. The molecule has 0 aliphatic carbocycles.